The van der Waals surface area contributed by atoms with Crippen LogP contribution in [-0.4, -0.2) is 45.8 Å². The van der Waals surface area contributed by atoms with Gasteiger partial charge in [-0.1, -0.05) is 0 Å². The number of benzene rings is 1. The molecule has 3 aromatic rings. The van der Waals surface area contributed by atoms with Crippen LogP contribution in [0.2, 0.25) is 0 Å². The van der Waals surface area contributed by atoms with Crippen LogP contribution in [0.1, 0.15) is 12.2 Å². The van der Waals surface area contributed by atoms with Crippen molar-refractivity contribution in [2.75, 3.05) is 30.3 Å². The molecule has 4 rings (SSSR count). The number of nitrogens with zero attached hydrogens (tertiary/aromatic N) is 3. The number of urea groups is 1. The Morgan fingerprint density at radius 2 is 2.21 bits per heavy atom. The van der Waals surface area contributed by atoms with Crippen LogP contribution < -0.4 is 16.0 Å². The number of nitrogen functional groups attached to an aromatic ring is 1. The molecular weight excluding hydrogens is 308 g/mol. The van der Waals surface area contributed by atoms with Crippen molar-refractivity contribution in [3.8, 4) is 0 Å². The number of aryl methyl sites for hydroxylation is 1. The molecular formula is C16H18N6O2. The van der Waals surface area contributed by atoms with Gasteiger partial charge in [0, 0.05) is 37.2 Å². The van der Waals surface area contributed by atoms with Crippen molar-refractivity contribution in [3.05, 3.63) is 24.0 Å². The standard InChI is InChI=1S/C16H18N6O2/c17-15-14-13(20-12(21-14)2-1-7-23)10-4-3-9(8-11(10)19-15)22-6-5-18-16(22)24/h3-4,8,23H,1-2,5-7H2,(H2,17,19)(H,18,24)(H,20,21). The molecule has 1 aromatic carbocycles. The number of rotatable bonds is 4. The summed E-state index contributed by atoms with van der Waals surface area (Å²) >= 11 is 0. The first kappa shape index (κ1) is 14.7. The van der Waals surface area contributed by atoms with Crippen LogP contribution >= 0.6 is 0 Å². The van der Waals surface area contributed by atoms with Gasteiger partial charge in [-0.15, -0.1) is 0 Å². The van der Waals surface area contributed by atoms with Gasteiger partial charge in [-0.3, -0.25) is 4.90 Å². The zero-order chi connectivity index (χ0) is 16.7. The average molecular weight is 326 g/mol. The van der Waals surface area contributed by atoms with E-state index in [1.54, 1.807) is 4.90 Å². The fourth-order valence-corrected chi connectivity index (χ4v) is 3.06. The maximum atomic E-state index is 11.8. The quantitative estimate of drug-likeness (QED) is 0.573. The number of hydrogen-bond acceptors (Lipinski definition) is 5. The molecule has 0 spiro atoms. The Kier molecular flexibility index (Phi) is 3.46. The highest BCUT2D eigenvalue weighted by molar-refractivity contribution is 6.07. The van der Waals surface area contributed by atoms with Crippen LogP contribution in [0.25, 0.3) is 21.9 Å². The molecule has 1 saturated heterocycles. The van der Waals surface area contributed by atoms with Crippen molar-refractivity contribution < 1.29 is 9.90 Å². The number of amides is 2. The fraction of sp³-hybridized carbons (Fsp3) is 0.312. The summed E-state index contributed by atoms with van der Waals surface area (Å²) in [5.74, 6) is 1.13. The molecule has 0 aliphatic carbocycles. The Bertz CT molecular complexity index is 935. The number of aromatic amines is 1. The number of pyridine rings is 1. The summed E-state index contributed by atoms with van der Waals surface area (Å²) in [6, 6.07) is 5.60. The van der Waals surface area contributed by atoms with Crippen molar-refractivity contribution in [1.29, 1.82) is 0 Å². The van der Waals surface area contributed by atoms with Gasteiger partial charge in [0.05, 0.1) is 11.0 Å². The van der Waals surface area contributed by atoms with Gasteiger partial charge in [0.25, 0.3) is 0 Å². The van der Waals surface area contributed by atoms with E-state index >= 15 is 0 Å². The van der Waals surface area contributed by atoms with Crippen molar-refractivity contribution in [2.45, 2.75) is 12.8 Å². The molecule has 2 amide bonds. The Morgan fingerprint density at radius 1 is 1.33 bits per heavy atom. The second-order valence-electron chi connectivity index (χ2n) is 5.82. The van der Waals surface area contributed by atoms with E-state index in [0.29, 0.717) is 37.3 Å². The number of H-pyrrole nitrogens is 1. The minimum Gasteiger partial charge on any atom is -0.396 e. The molecule has 1 aliphatic rings. The van der Waals surface area contributed by atoms with Gasteiger partial charge in [0.2, 0.25) is 0 Å². The molecule has 0 saturated carbocycles. The van der Waals surface area contributed by atoms with Gasteiger partial charge >= 0.3 is 6.03 Å². The topological polar surface area (TPSA) is 120 Å². The van der Waals surface area contributed by atoms with Crippen molar-refractivity contribution in [2.24, 2.45) is 0 Å². The summed E-state index contributed by atoms with van der Waals surface area (Å²) in [4.78, 5) is 25.7. The summed E-state index contributed by atoms with van der Waals surface area (Å²) in [6.45, 7) is 1.39. The molecule has 24 heavy (non-hydrogen) atoms. The Morgan fingerprint density at radius 3 is 2.96 bits per heavy atom. The van der Waals surface area contributed by atoms with E-state index in [1.807, 2.05) is 18.2 Å². The molecule has 0 bridgehead atoms. The minimum atomic E-state index is -0.101. The first-order chi connectivity index (χ1) is 11.7. The van der Waals surface area contributed by atoms with Crippen LogP contribution in [0.15, 0.2) is 18.2 Å². The molecule has 2 aromatic heterocycles. The largest absolute Gasteiger partial charge is 0.396 e. The minimum absolute atomic E-state index is 0.101. The lowest BCUT2D eigenvalue weighted by molar-refractivity contribution is 0.252. The maximum Gasteiger partial charge on any atom is 0.321 e. The fourth-order valence-electron chi connectivity index (χ4n) is 3.06. The molecule has 8 nitrogen and oxygen atoms in total. The number of nitrogens with one attached hydrogen (secondary N) is 2. The summed E-state index contributed by atoms with van der Waals surface area (Å²) in [5.41, 5.74) is 9.05. The number of nitrogens with two attached hydrogens (primary N) is 1. The first-order valence-electron chi connectivity index (χ1n) is 7.91. The predicted octanol–water partition coefficient (Wildman–Crippen LogP) is 1.15. The Balaban J connectivity index is 1.83. The molecule has 3 heterocycles. The average Bonchev–Trinajstić information content (AvgIpc) is 3.19. The third-order valence-corrected chi connectivity index (χ3v) is 4.23. The van der Waals surface area contributed by atoms with Gasteiger partial charge in [0.15, 0.2) is 5.82 Å². The maximum absolute atomic E-state index is 11.8. The predicted molar refractivity (Wildman–Crippen MR) is 92.0 cm³/mol. The second kappa shape index (κ2) is 5.64. The van der Waals surface area contributed by atoms with Crippen molar-refractivity contribution in [3.63, 3.8) is 0 Å². The van der Waals surface area contributed by atoms with Crippen LogP contribution in [0.3, 0.4) is 0 Å². The number of anilines is 2. The molecule has 0 unspecified atom stereocenters. The van der Waals surface area contributed by atoms with Gasteiger partial charge < -0.3 is 21.1 Å². The molecule has 1 aliphatic heterocycles. The van der Waals surface area contributed by atoms with Crippen LogP contribution in [0, 0.1) is 0 Å². The van der Waals surface area contributed by atoms with E-state index in [0.717, 1.165) is 27.9 Å². The van der Waals surface area contributed by atoms with Crippen LogP contribution in [0.4, 0.5) is 16.3 Å². The van der Waals surface area contributed by atoms with Crippen LogP contribution in [0.5, 0.6) is 0 Å². The summed E-state index contributed by atoms with van der Waals surface area (Å²) in [7, 11) is 0. The van der Waals surface area contributed by atoms with E-state index in [9.17, 15) is 4.79 Å². The molecule has 8 heteroatoms. The van der Waals surface area contributed by atoms with Crippen LogP contribution in [-0.2, 0) is 6.42 Å². The Hall–Kier alpha value is -2.87. The van der Waals surface area contributed by atoms with Crippen molar-refractivity contribution >= 4 is 39.5 Å². The molecule has 0 radical (unpaired) electrons. The molecule has 5 N–H and O–H groups in total. The number of aliphatic hydroxyl groups excluding tert-OH is 1. The van der Waals surface area contributed by atoms with Crippen molar-refractivity contribution in [1.82, 2.24) is 20.3 Å². The van der Waals surface area contributed by atoms with E-state index in [4.69, 9.17) is 10.8 Å². The molecule has 0 atom stereocenters. The molecule has 124 valence electrons. The Labute approximate surface area is 137 Å². The third-order valence-electron chi connectivity index (χ3n) is 4.23. The number of carbonyl (C=O) groups excluding carboxylic acids is 1. The molecule has 1 fully saturated rings. The first-order valence-corrected chi connectivity index (χ1v) is 7.91. The number of imidazole rings is 1. The smallest absolute Gasteiger partial charge is 0.321 e. The van der Waals surface area contributed by atoms with E-state index < -0.39 is 0 Å². The lowest BCUT2D eigenvalue weighted by Crippen LogP contribution is -2.27. The number of fused-ring (bicyclic) bond motifs is 3. The summed E-state index contributed by atoms with van der Waals surface area (Å²) in [6.07, 6.45) is 1.29. The number of carbonyl (C=O) groups is 1. The SMILES string of the molecule is Nc1nc2cc(N3CCNC3=O)ccc2c2[nH]c(CCCO)nc12. The zero-order valence-corrected chi connectivity index (χ0v) is 13.0. The van der Waals surface area contributed by atoms with Gasteiger partial charge in [0.1, 0.15) is 11.3 Å². The second-order valence-corrected chi connectivity index (χ2v) is 5.82. The summed E-state index contributed by atoms with van der Waals surface area (Å²) in [5, 5.41) is 12.7. The van der Waals surface area contributed by atoms with Gasteiger partial charge in [-0.05, 0) is 24.6 Å². The van der Waals surface area contributed by atoms with E-state index in [1.165, 1.54) is 0 Å². The number of hydrogen-bond donors (Lipinski definition) is 4. The number of aliphatic hydroxyl groups is 1. The normalized spacial score (nSPS) is 14.7. The highest BCUT2D eigenvalue weighted by atomic mass is 16.3. The number of aromatic nitrogens is 3. The van der Waals surface area contributed by atoms with E-state index in [2.05, 4.69) is 20.3 Å². The monoisotopic (exact) mass is 326 g/mol. The summed E-state index contributed by atoms with van der Waals surface area (Å²) < 4.78 is 0. The van der Waals surface area contributed by atoms with Gasteiger partial charge in [-0.2, -0.15) is 0 Å². The van der Waals surface area contributed by atoms with Gasteiger partial charge in [-0.25, -0.2) is 14.8 Å². The third kappa shape index (κ3) is 2.31. The zero-order valence-electron chi connectivity index (χ0n) is 13.0. The van der Waals surface area contributed by atoms with E-state index in [-0.39, 0.29) is 12.6 Å². The highest BCUT2D eigenvalue weighted by Gasteiger charge is 2.22. The lowest BCUT2D eigenvalue weighted by atomic mass is 10.1. The lowest BCUT2D eigenvalue weighted by Gasteiger charge is -2.14. The highest BCUT2D eigenvalue weighted by Crippen LogP contribution is 2.29.